The smallest absolute Gasteiger partial charge is 0.131 e. The van der Waals surface area contributed by atoms with Gasteiger partial charge in [-0.15, -0.1) is 22.7 Å². The van der Waals surface area contributed by atoms with E-state index in [4.69, 9.17) is 4.99 Å². The fourth-order valence-corrected chi connectivity index (χ4v) is 11.2. The first-order chi connectivity index (χ1) is 28.2. The van der Waals surface area contributed by atoms with E-state index in [1.165, 1.54) is 84.5 Å². The molecule has 12 rings (SSSR count). The minimum atomic E-state index is -0.180. The largest absolute Gasteiger partial charge is 0.350 e. The van der Waals surface area contributed by atoms with Crippen molar-refractivity contribution in [1.29, 1.82) is 0 Å². The second-order valence-electron chi connectivity index (χ2n) is 14.8. The second-order valence-corrected chi connectivity index (χ2v) is 16.9. The maximum atomic E-state index is 5.15. The van der Waals surface area contributed by atoms with E-state index >= 15 is 0 Å². The Labute approximate surface area is 337 Å². The number of hydrogen-bond acceptors (Lipinski definition) is 5. The summed E-state index contributed by atoms with van der Waals surface area (Å²) in [6, 6.07) is 66.0. The van der Waals surface area contributed by atoms with E-state index < -0.39 is 0 Å². The fourth-order valence-electron chi connectivity index (χ4n) is 8.88. The van der Waals surface area contributed by atoms with E-state index in [0.29, 0.717) is 0 Å². The average Bonchev–Trinajstić information content (AvgIpc) is 3.96. The molecule has 4 nitrogen and oxygen atoms in total. The number of nitrogens with zero attached hydrogens (tertiary/aromatic N) is 2. The number of amidine groups is 1. The van der Waals surface area contributed by atoms with E-state index in [1.807, 2.05) is 22.7 Å². The van der Waals surface area contributed by atoms with Gasteiger partial charge in [0.05, 0.1) is 11.0 Å². The number of nitrogens with one attached hydrogen (secondary N) is 2. The number of benzene rings is 8. The summed E-state index contributed by atoms with van der Waals surface area (Å²) in [5.74, 6) is 0.894. The van der Waals surface area contributed by atoms with Crippen LogP contribution in [0.2, 0.25) is 0 Å². The van der Waals surface area contributed by atoms with Gasteiger partial charge in [-0.1, -0.05) is 133 Å². The average molecular weight is 767 g/mol. The van der Waals surface area contributed by atoms with Crippen LogP contribution in [0.3, 0.4) is 0 Å². The highest BCUT2D eigenvalue weighted by molar-refractivity contribution is 7.26. The van der Waals surface area contributed by atoms with Crippen LogP contribution in [0, 0.1) is 0 Å². The van der Waals surface area contributed by atoms with Gasteiger partial charge in [-0.25, -0.2) is 4.99 Å². The number of aromatic nitrogens is 1. The van der Waals surface area contributed by atoms with Gasteiger partial charge in [-0.2, -0.15) is 0 Å². The van der Waals surface area contributed by atoms with Gasteiger partial charge in [-0.05, 0) is 65.2 Å². The van der Waals surface area contributed by atoms with Gasteiger partial charge >= 0.3 is 0 Å². The Morgan fingerprint density at radius 2 is 1.18 bits per heavy atom. The molecule has 8 aromatic carbocycles. The third-order valence-corrected chi connectivity index (χ3v) is 13.9. The van der Waals surface area contributed by atoms with Crippen LogP contribution in [0.15, 0.2) is 187 Å². The molecule has 2 atom stereocenters. The van der Waals surface area contributed by atoms with Gasteiger partial charge in [-0.3, -0.25) is 5.32 Å². The lowest BCUT2D eigenvalue weighted by Gasteiger charge is -2.32. The zero-order valence-corrected chi connectivity index (χ0v) is 32.3. The maximum Gasteiger partial charge on any atom is 0.131 e. The second kappa shape index (κ2) is 13.0. The molecular formula is C51H34N4S2. The normalized spacial score (nSPS) is 15.9. The lowest BCUT2D eigenvalue weighted by Crippen LogP contribution is -2.45. The Hall–Kier alpha value is -6.57. The molecule has 3 aromatic heterocycles. The van der Waals surface area contributed by atoms with Crippen molar-refractivity contribution in [2.45, 2.75) is 12.3 Å². The fraction of sp³-hybridized carbons (Fsp3) is 0.0392. The molecule has 0 spiro atoms. The summed E-state index contributed by atoms with van der Waals surface area (Å²) in [6.07, 6.45) is -0.311. The molecule has 1 aliphatic rings. The summed E-state index contributed by atoms with van der Waals surface area (Å²) < 4.78 is 7.59. The van der Waals surface area contributed by atoms with Crippen molar-refractivity contribution in [3.05, 3.63) is 199 Å². The molecule has 0 fully saturated rings. The number of fused-ring (bicyclic) bond motifs is 9. The Kier molecular flexibility index (Phi) is 7.45. The van der Waals surface area contributed by atoms with E-state index in [-0.39, 0.29) is 12.3 Å². The molecule has 0 saturated carbocycles. The highest BCUT2D eigenvalue weighted by Gasteiger charge is 2.27. The third kappa shape index (κ3) is 5.26. The first-order valence-electron chi connectivity index (χ1n) is 19.4. The van der Waals surface area contributed by atoms with Crippen LogP contribution < -0.4 is 10.6 Å². The van der Waals surface area contributed by atoms with Crippen LogP contribution in [0.1, 0.15) is 29.0 Å². The standard InChI is InChI=1S/C51H34N4S2/c1-3-13-31(14-4-1)49-52-50(32-15-5-2-6-16-32)54-51(53-49)39-21-11-20-38-40-29-33(25-27-44(40)57-48(38)39)35-19-12-24-46-47(35)41-30-34(26-28-45(41)56-46)55-42-22-9-7-17-36(42)37-18-8-10-23-43(37)55/h1-30,49,51,53H,(H,52,54). The number of hydrogen-bond donors (Lipinski definition) is 2. The molecule has 2 N–H and O–H groups in total. The Balaban J connectivity index is 0.984. The van der Waals surface area contributed by atoms with E-state index in [1.54, 1.807) is 0 Å². The minimum Gasteiger partial charge on any atom is -0.350 e. The Morgan fingerprint density at radius 3 is 1.98 bits per heavy atom. The van der Waals surface area contributed by atoms with Crippen LogP contribution in [0.4, 0.5) is 0 Å². The van der Waals surface area contributed by atoms with E-state index in [9.17, 15) is 0 Å². The first-order valence-corrected chi connectivity index (χ1v) is 21.0. The van der Waals surface area contributed by atoms with Crippen molar-refractivity contribution in [2.75, 3.05) is 0 Å². The zero-order chi connectivity index (χ0) is 37.5. The summed E-state index contributed by atoms with van der Waals surface area (Å²) in [4.78, 5) is 5.15. The number of para-hydroxylation sites is 2. The van der Waals surface area contributed by atoms with Crippen molar-refractivity contribution in [3.8, 4) is 16.8 Å². The van der Waals surface area contributed by atoms with Gasteiger partial charge in [0.1, 0.15) is 18.2 Å². The summed E-state index contributed by atoms with van der Waals surface area (Å²) >= 11 is 3.74. The van der Waals surface area contributed by atoms with Crippen molar-refractivity contribution >= 4 is 90.7 Å². The van der Waals surface area contributed by atoms with Gasteiger partial charge in [0.15, 0.2) is 0 Å². The van der Waals surface area contributed by atoms with Crippen molar-refractivity contribution in [3.63, 3.8) is 0 Å². The molecule has 0 aliphatic carbocycles. The molecular weight excluding hydrogens is 733 g/mol. The number of rotatable bonds is 5. The summed E-state index contributed by atoms with van der Waals surface area (Å²) in [5, 5.41) is 15.3. The molecule has 11 aromatic rings. The Morgan fingerprint density at radius 1 is 0.491 bits per heavy atom. The molecule has 4 heterocycles. The van der Waals surface area contributed by atoms with Crippen LogP contribution in [0.5, 0.6) is 0 Å². The van der Waals surface area contributed by atoms with Crippen LogP contribution in [0.25, 0.3) is 79.0 Å². The topological polar surface area (TPSA) is 41.4 Å². The maximum absolute atomic E-state index is 5.15. The molecule has 0 bridgehead atoms. The molecule has 2 unspecified atom stereocenters. The quantitative estimate of drug-likeness (QED) is 0.183. The molecule has 0 amide bonds. The number of aliphatic imine (C=N–C) groups is 1. The van der Waals surface area contributed by atoms with Crippen LogP contribution in [-0.2, 0) is 0 Å². The predicted octanol–water partition coefficient (Wildman–Crippen LogP) is 13.5. The molecule has 0 saturated heterocycles. The van der Waals surface area contributed by atoms with Gasteiger partial charge in [0, 0.05) is 67.9 Å². The zero-order valence-electron chi connectivity index (χ0n) is 30.7. The molecule has 1 aliphatic heterocycles. The van der Waals surface area contributed by atoms with Crippen molar-refractivity contribution in [2.24, 2.45) is 4.99 Å². The summed E-state index contributed by atoms with van der Waals surface area (Å²) in [7, 11) is 0. The lowest BCUT2D eigenvalue weighted by atomic mass is 9.97. The first kappa shape index (κ1) is 32.7. The Bertz CT molecular complexity index is 3320. The third-order valence-electron chi connectivity index (χ3n) is 11.5. The monoisotopic (exact) mass is 766 g/mol. The van der Waals surface area contributed by atoms with Crippen LogP contribution in [-0.4, -0.2) is 10.4 Å². The summed E-state index contributed by atoms with van der Waals surface area (Å²) in [6.45, 7) is 0. The highest BCUT2D eigenvalue weighted by Crippen LogP contribution is 2.45. The van der Waals surface area contributed by atoms with Gasteiger partial charge in [0.2, 0.25) is 0 Å². The minimum absolute atomic E-state index is 0.131. The number of thiophene rings is 2. The van der Waals surface area contributed by atoms with Gasteiger partial charge in [0.25, 0.3) is 0 Å². The van der Waals surface area contributed by atoms with Crippen LogP contribution >= 0.6 is 22.7 Å². The SMILES string of the molecule is c1ccc(C2=NC(c3ccccc3)NC(c3cccc4c3sc3ccc(-c5cccc6sc7ccc(-n8c9ccccc9c9ccccc98)cc7c56)cc34)N2)cc1. The van der Waals surface area contributed by atoms with Gasteiger partial charge < -0.3 is 9.88 Å². The lowest BCUT2D eigenvalue weighted by molar-refractivity contribution is 0.411. The molecule has 6 heteroatoms. The summed E-state index contributed by atoms with van der Waals surface area (Å²) in [5.41, 5.74) is 9.58. The molecule has 57 heavy (non-hydrogen) atoms. The molecule has 0 radical (unpaired) electrons. The molecule has 270 valence electrons. The van der Waals surface area contributed by atoms with Crippen molar-refractivity contribution < 1.29 is 0 Å². The van der Waals surface area contributed by atoms with E-state index in [0.717, 1.165) is 17.0 Å². The predicted molar refractivity (Wildman–Crippen MR) is 243 cm³/mol. The van der Waals surface area contributed by atoms with Crippen molar-refractivity contribution in [1.82, 2.24) is 15.2 Å². The van der Waals surface area contributed by atoms with E-state index in [2.05, 4.69) is 197 Å². The highest BCUT2D eigenvalue weighted by atomic mass is 32.1.